The van der Waals surface area contributed by atoms with Crippen molar-refractivity contribution in [3.8, 4) is 0 Å². The fourth-order valence-corrected chi connectivity index (χ4v) is 1.70. The van der Waals surface area contributed by atoms with Gasteiger partial charge in [-0.05, 0) is 32.9 Å². The van der Waals surface area contributed by atoms with Crippen molar-refractivity contribution in [1.82, 2.24) is 0 Å². The number of hydrogen-bond acceptors (Lipinski definition) is 3. The van der Waals surface area contributed by atoms with E-state index in [0.29, 0.717) is 5.69 Å². The third kappa shape index (κ3) is 4.70. The highest BCUT2D eigenvalue weighted by molar-refractivity contribution is 6.35. The molecule has 0 saturated heterocycles. The van der Waals surface area contributed by atoms with Crippen molar-refractivity contribution in [3.05, 3.63) is 28.0 Å². The summed E-state index contributed by atoms with van der Waals surface area (Å²) in [5.74, 6) is -1.10. The van der Waals surface area contributed by atoms with Gasteiger partial charge in [-0.1, -0.05) is 23.2 Å². The van der Waals surface area contributed by atoms with Crippen molar-refractivity contribution in [2.24, 2.45) is 0 Å². The smallest absolute Gasteiger partial charge is 0.325 e. The Balaban J connectivity index is 2.62. The van der Waals surface area contributed by atoms with Crippen molar-refractivity contribution in [2.45, 2.75) is 26.4 Å². The highest BCUT2D eigenvalue weighted by Gasteiger charge is 2.16. The molecule has 1 rings (SSSR count). The third-order valence-electron chi connectivity index (χ3n) is 1.84. The lowest BCUT2D eigenvalue weighted by Crippen LogP contribution is -2.28. The molecule has 0 aliphatic heterocycles. The molecule has 3 nitrogen and oxygen atoms in total. The Morgan fingerprint density at radius 2 is 1.83 bits per heavy atom. The summed E-state index contributed by atoms with van der Waals surface area (Å²) in [5, 5.41) is 2.56. The molecular formula is C12H14Cl2FNO2. The number of ether oxygens (including phenoxy) is 1. The highest BCUT2D eigenvalue weighted by atomic mass is 35.5. The van der Waals surface area contributed by atoms with Gasteiger partial charge in [-0.3, -0.25) is 4.79 Å². The van der Waals surface area contributed by atoms with Crippen LogP contribution in [0.5, 0.6) is 0 Å². The van der Waals surface area contributed by atoms with Crippen LogP contribution < -0.4 is 5.32 Å². The van der Waals surface area contributed by atoms with Crippen LogP contribution in [0.15, 0.2) is 12.1 Å². The van der Waals surface area contributed by atoms with Gasteiger partial charge < -0.3 is 10.1 Å². The molecule has 0 radical (unpaired) electrons. The zero-order chi connectivity index (χ0) is 13.9. The number of benzene rings is 1. The molecule has 1 N–H and O–H groups in total. The van der Waals surface area contributed by atoms with Crippen LogP contribution in [0.2, 0.25) is 10.0 Å². The van der Waals surface area contributed by atoms with Gasteiger partial charge in [-0.2, -0.15) is 0 Å². The first-order valence-electron chi connectivity index (χ1n) is 5.29. The van der Waals surface area contributed by atoms with E-state index < -0.39 is 17.4 Å². The summed E-state index contributed by atoms with van der Waals surface area (Å²) >= 11 is 11.3. The van der Waals surface area contributed by atoms with Gasteiger partial charge in [-0.15, -0.1) is 0 Å². The van der Waals surface area contributed by atoms with Gasteiger partial charge in [0.1, 0.15) is 12.1 Å². The number of nitrogens with one attached hydrogen (secondary N) is 1. The van der Waals surface area contributed by atoms with Crippen LogP contribution in [-0.2, 0) is 9.53 Å². The zero-order valence-corrected chi connectivity index (χ0v) is 11.8. The van der Waals surface area contributed by atoms with E-state index in [0.717, 1.165) is 0 Å². The largest absolute Gasteiger partial charge is 0.459 e. The van der Waals surface area contributed by atoms with Gasteiger partial charge in [0.05, 0.1) is 10.0 Å². The second-order valence-corrected chi connectivity index (χ2v) is 5.51. The maximum Gasteiger partial charge on any atom is 0.325 e. The lowest BCUT2D eigenvalue weighted by molar-refractivity contribution is -0.152. The predicted molar refractivity (Wildman–Crippen MR) is 70.8 cm³/mol. The van der Waals surface area contributed by atoms with Crippen LogP contribution in [0.1, 0.15) is 20.8 Å². The lowest BCUT2D eigenvalue weighted by atomic mass is 10.2. The van der Waals surface area contributed by atoms with Crippen LogP contribution in [0, 0.1) is 5.82 Å². The zero-order valence-electron chi connectivity index (χ0n) is 10.3. The van der Waals surface area contributed by atoms with Crippen molar-refractivity contribution in [1.29, 1.82) is 0 Å². The summed E-state index contributed by atoms with van der Waals surface area (Å²) in [6, 6.07) is 2.71. The molecule has 0 bridgehead atoms. The molecule has 0 aliphatic carbocycles. The van der Waals surface area contributed by atoms with E-state index in [2.05, 4.69) is 5.32 Å². The number of halogens is 3. The molecule has 0 aromatic heterocycles. The van der Waals surface area contributed by atoms with Crippen LogP contribution in [-0.4, -0.2) is 18.1 Å². The SMILES string of the molecule is CC(C)(C)OC(=O)CNc1cc(Cl)c(F)c(Cl)c1. The van der Waals surface area contributed by atoms with Gasteiger partial charge in [0, 0.05) is 5.69 Å². The van der Waals surface area contributed by atoms with Crippen LogP contribution in [0.3, 0.4) is 0 Å². The molecule has 0 fully saturated rings. The minimum Gasteiger partial charge on any atom is -0.459 e. The molecule has 1 aromatic rings. The standard InChI is InChI=1S/C12H14Cl2FNO2/c1-12(2,3)18-10(17)6-16-7-4-8(13)11(15)9(14)5-7/h4-5,16H,6H2,1-3H3. The Hall–Kier alpha value is -1.00. The molecule has 6 heteroatoms. The normalized spacial score (nSPS) is 11.2. The van der Waals surface area contributed by atoms with E-state index >= 15 is 0 Å². The molecule has 0 spiro atoms. The summed E-state index contributed by atoms with van der Waals surface area (Å²) in [7, 11) is 0. The monoisotopic (exact) mass is 293 g/mol. The maximum atomic E-state index is 13.1. The van der Waals surface area contributed by atoms with Gasteiger partial charge in [-0.25, -0.2) is 4.39 Å². The van der Waals surface area contributed by atoms with Crippen molar-refractivity contribution in [2.75, 3.05) is 11.9 Å². The third-order valence-corrected chi connectivity index (χ3v) is 2.39. The summed E-state index contributed by atoms with van der Waals surface area (Å²) in [6.45, 7) is 5.28. The summed E-state index contributed by atoms with van der Waals surface area (Å²) in [6.07, 6.45) is 0. The molecule has 0 heterocycles. The number of carbonyl (C=O) groups is 1. The Morgan fingerprint density at radius 3 is 2.28 bits per heavy atom. The van der Waals surface area contributed by atoms with E-state index in [9.17, 15) is 9.18 Å². The van der Waals surface area contributed by atoms with Crippen molar-refractivity contribution >= 4 is 34.9 Å². The molecule has 0 aliphatic rings. The molecule has 0 unspecified atom stereocenters. The molecule has 0 atom stereocenters. The summed E-state index contributed by atoms with van der Waals surface area (Å²) < 4.78 is 18.3. The summed E-state index contributed by atoms with van der Waals surface area (Å²) in [4.78, 5) is 11.4. The average Bonchev–Trinajstić information content (AvgIpc) is 2.20. The lowest BCUT2D eigenvalue weighted by Gasteiger charge is -2.19. The number of carbonyl (C=O) groups excluding carboxylic acids is 1. The molecular weight excluding hydrogens is 280 g/mol. The van der Waals surface area contributed by atoms with Gasteiger partial charge in [0.15, 0.2) is 5.82 Å². The van der Waals surface area contributed by atoms with Crippen molar-refractivity contribution < 1.29 is 13.9 Å². The maximum absolute atomic E-state index is 13.1. The van der Waals surface area contributed by atoms with Gasteiger partial charge >= 0.3 is 5.97 Å². The topological polar surface area (TPSA) is 38.3 Å². The fourth-order valence-electron chi connectivity index (χ4n) is 1.21. The number of esters is 1. The van der Waals surface area contributed by atoms with E-state index in [1.54, 1.807) is 20.8 Å². The van der Waals surface area contributed by atoms with Crippen LogP contribution in [0.4, 0.5) is 10.1 Å². The van der Waals surface area contributed by atoms with Gasteiger partial charge in [0.25, 0.3) is 0 Å². The van der Waals surface area contributed by atoms with E-state index in [4.69, 9.17) is 27.9 Å². The van der Waals surface area contributed by atoms with E-state index in [-0.39, 0.29) is 16.6 Å². The molecule has 100 valence electrons. The van der Waals surface area contributed by atoms with Crippen LogP contribution in [0.25, 0.3) is 0 Å². The Labute approximate surface area is 115 Å². The second-order valence-electron chi connectivity index (χ2n) is 4.69. The Morgan fingerprint density at radius 1 is 1.33 bits per heavy atom. The number of anilines is 1. The first-order chi connectivity index (χ1) is 8.19. The molecule has 1 aromatic carbocycles. The molecule has 0 amide bonds. The quantitative estimate of drug-likeness (QED) is 0.679. The van der Waals surface area contributed by atoms with Crippen molar-refractivity contribution in [3.63, 3.8) is 0 Å². The fraction of sp³-hybridized carbons (Fsp3) is 0.417. The van der Waals surface area contributed by atoms with E-state index in [1.165, 1.54) is 12.1 Å². The molecule has 18 heavy (non-hydrogen) atoms. The average molecular weight is 294 g/mol. The minimum atomic E-state index is -0.679. The predicted octanol–water partition coefficient (Wildman–Crippen LogP) is 3.89. The summed E-state index contributed by atoms with van der Waals surface area (Å²) in [5.41, 5.74) is -0.0890. The van der Waals surface area contributed by atoms with Gasteiger partial charge in [0.2, 0.25) is 0 Å². The Bertz CT molecular complexity index is 435. The number of rotatable bonds is 3. The van der Waals surface area contributed by atoms with E-state index in [1.807, 2.05) is 0 Å². The highest BCUT2D eigenvalue weighted by Crippen LogP contribution is 2.27. The first-order valence-corrected chi connectivity index (χ1v) is 6.05. The second kappa shape index (κ2) is 5.76. The molecule has 0 saturated carbocycles. The van der Waals surface area contributed by atoms with Crippen LogP contribution >= 0.6 is 23.2 Å². The minimum absolute atomic E-state index is 0.0461. The first kappa shape index (κ1) is 15.1. The Kier molecular flexibility index (Phi) is 4.82. The number of hydrogen-bond donors (Lipinski definition) is 1.